The third kappa shape index (κ3) is 3.89. The zero-order valence-electron chi connectivity index (χ0n) is 16.1. The number of carbonyl (C=O) groups excluding carboxylic acids is 2. The molecular weight excluding hydrogens is 390 g/mol. The van der Waals surface area contributed by atoms with Crippen molar-refractivity contribution in [1.29, 1.82) is 0 Å². The molecule has 4 rings (SSSR count). The number of halogens is 1. The van der Waals surface area contributed by atoms with Crippen LogP contribution in [0.3, 0.4) is 0 Å². The van der Waals surface area contributed by atoms with Crippen LogP contribution in [0.4, 0.5) is 0 Å². The summed E-state index contributed by atoms with van der Waals surface area (Å²) in [6, 6.07) is 12.7. The molecule has 1 amide bonds. The molecule has 6 nitrogen and oxygen atoms in total. The average Bonchev–Trinajstić information content (AvgIpc) is 3.11. The van der Waals surface area contributed by atoms with Crippen LogP contribution in [0.2, 0.25) is 5.02 Å². The molecule has 7 heteroatoms. The molecule has 0 saturated heterocycles. The largest absolute Gasteiger partial charge is 0.454 e. The van der Waals surface area contributed by atoms with Crippen LogP contribution in [0.5, 0.6) is 0 Å². The molecule has 2 aromatic carbocycles. The minimum absolute atomic E-state index is 0.0529. The van der Waals surface area contributed by atoms with E-state index in [1.807, 2.05) is 36.4 Å². The Hall–Kier alpha value is -3.12. The van der Waals surface area contributed by atoms with Gasteiger partial charge in [-0.05, 0) is 42.3 Å². The summed E-state index contributed by atoms with van der Waals surface area (Å²) >= 11 is 6.01. The van der Waals surface area contributed by atoms with Crippen LogP contribution < -0.4 is 0 Å². The Morgan fingerprint density at radius 3 is 2.86 bits per heavy atom. The summed E-state index contributed by atoms with van der Waals surface area (Å²) in [7, 11) is 0. The fourth-order valence-electron chi connectivity index (χ4n) is 3.57. The second-order valence-electron chi connectivity index (χ2n) is 7.01. The minimum Gasteiger partial charge on any atom is -0.454 e. The van der Waals surface area contributed by atoms with E-state index in [4.69, 9.17) is 16.3 Å². The van der Waals surface area contributed by atoms with Gasteiger partial charge in [-0.1, -0.05) is 35.9 Å². The molecule has 0 saturated carbocycles. The molecule has 1 aliphatic heterocycles. The fourth-order valence-corrected chi connectivity index (χ4v) is 3.74. The van der Waals surface area contributed by atoms with Crippen molar-refractivity contribution >= 4 is 40.6 Å². The lowest BCUT2D eigenvalue weighted by Crippen LogP contribution is -2.32. The summed E-state index contributed by atoms with van der Waals surface area (Å²) in [5, 5.41) is 0.602. The number of aromatic amines is 1. The van der Waals surface area contributed by atoms with E-state index < -0.39 is 18.1 Å². The van der Waals surface area contributed by atoms with Gasteiger partial charge in [-0.2, -0.15) is 0 Å². The predicted octanol–water partition coefficient (Wildman–Crippen LogP) is 4.78. The molecule has 1 aromatic heterocycles. The Morgan fingerprint density at radius 2 is 2.07 bits per heavy atom. The van der Waals surface area contributed by atoms with Crippen LogP contribution in [0.15, 0.2) is 48.7 Å². The van der Waals surface area contributed by atoms with Crippen molar-refractivity contribution in [1.82, 2.24) is 14.9 Å². The molecule has 3 aromatic rings. The summed E-state index contributed by atoms with van der Waals surface area (Å²) in [5.41, 5.74) is 3.45. The third-order valence-electron chi connectivity index (χ3n) is 4.98. The number of carbonyl (C=O) groups is 2. The number of fused-ring (bicyclic) bond motifs is 2. The van der Waals surface area contributed by atoms with Crippen LogP contribution in [-0.2, 0) is 14.3 Å². The number of hydrogen-bond donors (Lipinski definition) is 1. The number of rotatable bonds is 4. The van der Waals surface area contributed by atoms with Gasteiger partial charge in [0.15, 0.2) is 6.10 Å². The first-order chi connectivity index (χ1) is 13.9. The van der Waals surface area contributed by atoms with E-state index in [2.05, 4.69) is 9.97 Å². The highest BCUT2D eigenvalue weighted by molar-refractivity contribution is 6.31. The molecule has 0 spiro atoms. The van der Waals surface area contributed by atoms with Gasteiger partial charge in [0, 0.05) is 18.1 Å². The molecule has 29 heavy (non-hydrogen) atoms. The molecule has 1 aliphatic rings. The molecule has 0 fully saturated rings. The number of imidazole rings is 1. The Labute approximate surface area is 173 Å². The summed E-state index contributed by atoms with van der Waals surface area (Å²) in [4.78, 5) is 33.9. The topological polar surface area (TPSA) is 75.3 Å². The maximum Gasteiger partial charge on any atom is 0.308 e. The van der Waals surface area contributed by atoms with Crippen molar-refractivity contribution in [2.24, 2.45) is 0 Å². The van der Waals surface area contributed by atoms with Crippen molar-refractivity contribution in [2.45, 2.75) is 32.4 Å². The second-order valence-corrected chi connectivity index (χ2v) is 7.44. The van der Waals surface area contributed by atoms with Gasteiger partial charge in [0.2, 0.25) is 5.91 Å². The molecule has 2 heterocycles. The normalized spacial score (nSPS) is 16.5. The smallest absolute Gasteiger partial charge is 0.308 e. The van der Waals surface area contributed by atoms with Crippen molar-refractivity contribution < 1.29 is 14.3 Å². The molecule has 2 atom stereocenters. The van der Waals surface area contributed by atoms with Crippen molar-refractivity contribution in [3.05, 3.63) is 70.6 Å². The van der Waals surface area contributed by atoms with Gasteiger partial charge >= 0.3 is 5.97 Å². The van der Waals surface area contributed by atoms with Crippen molar-refractivity contribution in [3.63, 3.8) is 0 Å². The number of hydrogen-bond acceptors (Lipinski definition) is 4. The monoisotopic (exact) mass is 409 g/mol. The first-order valence-electron chi connectivity index (χ1n) is 9.33. The van der Waals surface area contributed by atoms with E-state index in [0.717, 1.165) is 22.2 Å². The van der Waals surface area contributed by atoms with Crippen LogP contribution in [0, 0.1) is 0 Å². The standard InChI is InChI=1S/C22H20ClN3O3/c1-13(22-24-18-8-7-16(23)11-19(18)25-22)29-21(28)12-20-17-6-4-3-5-15(17)9-10-26(20)14(2)27/h3-11,13,20H,12H2,1-2H3,(H,24,25)/t13-,20-/m0/s1. The van der Waals surface area contributed by atoms with Gasteiger partial charge in [-0.3, -0.25) is 9.59 Å². The van der Waals surface area contributed by atoms with E-state index in [-0.39, 0.29) is 12.3 Å². The van der Waals surface area contributed by atoms with Gasteiger partial charge in [-0.25, -0.2) is 4.98 Å². The van der Waals surface area contributed by atoms with Crippen molar-refractivity contribution in [3.8, 4) is 0 Å². The van der Waals surface area contributed by atoms with E-state index in [9.17, 15) is 9.59 Å². The SMILES string of the molecule is CC(=O)N1C=Cc2ccccc2[C@@H]1CC(=O)O[C@@H](C)c1nc2ccc(Cl)cc2[nH]1. The van der Waals surface area contributed by atoms with E-state index in [0.29, 0.717) is 10.8 Å². The summed E-state index contributed by atoms with van der Waals surface area (Å²) in [5.74, 6) is 0.0103. The number of benzene rings is 2. The highest BCUT2D eigenvalue weighted by Gasteiger charge is 2.29. The first kappa shape index (κ1) is 19.2. The van der Waals surface area contributed by atoms with E-state index >= 15 is 0 Å². The minimum atomic E-state index is -0.561. The number of nitrogens with one attached hydrogen (secondary N) is 1. The second kappa shape index (κ2) is 7.72. The fraction of sp³-hybridized carbons (Fsp3) is 0.227. The molecule has 0 radical (unpaired) electrons. The molecule has 0 unspecified atom stereocenters. The zero-order valence-corrected chi connectivity index (χ0v) is 16.8. The Kier molecular flexibility index (Phi) is 5.11. The molecular formula is C22H20ClN3O3. The molecule has 1 N–H and O–H groups in total. The van der Waals surface area contributed by atoms with Gasteiger partial charge < -0.3 is 14.6 Å². The van der Waals surface area contributed by atoms with Crippen LogP contribution in [0.25, 0.3) is 17.1 Å². The van der Waals surface area contributed by atoms with Crippen LogP contribution >= 0.6 is 11.6 Å². The quantitative estimate of drug-likeness (QED) is 0.629. The third-order valence-corrected chi connectivity index (χ3v) is 5.22. The number of amides is 1. The number of ether oxygens (including phenoxy) is 1. The maximum atomic E-state index is 12.7. The number of nitrogens with zero attached hydrogens (tertiary/aromatic N) is 2. The lowest BCUT2D eigenvalue weighted by molar-refractivity contribution is -0.150. The van der Waals surface area contributed by atoms with Crippen LogP contribution in [-0.4, -0.2) is 26.7 Å². The van der Waals surface area contributed by atoms with E-state index in [1.165, 1.54) is 6.92 Å². The van der Waals surface area contributed by atoms with Crippen molar-refractivity contribution in [2.75, 3.05) is 0 Å². The van der Waals surface area contributed by atoms with Crippen LogP contribution in [0.1, 0.15) is 49.4 Å². The summed E-state index contributed by atoms with van der Waals surface area (Å²) < 4.78 is 5.61. The summed E-state index contributed by atoms with van der Waals surface area (Å²) in [6.45, 7) is 3.24. The Morgan fingerprint density at radius 1 is 1.28 bits per heavy atom. The van der Waals surface area contributed by atoms with Gasteiger partial charge in [0.25, 0.3) is 0 Å². The molecule has 148 valence electrons. The first-order valence-corrected chi connectivity index (χ1v) is 9.71. The van der Waals surface area contributed by atoms with Gasteiger partial charge in [0.05, 0.1) is 23.5 Å². The maximum absolute atomic E-state index is 12.7. The number of H-pyrrole nitrogens is 1. The summed E-state index contributed by atoms with van der Waals surface area (Å²) in [6.07, 6.45) is 3.08. The lowest BCUT2D eigenvalue weighted by Gasteiger charge is -2.32. The molecule has 0 aliphatic carbocycles. The van der Waals surface area contributed by atoms with Gasteiger partial charge in [-0.15, -0.1) is 0 Å². The highest BCUT2D eigenvalue weighted by Crippen LogP contribution is 2.33. The Bertz CT molecular complexity index is 1120. The zero-order chi connectivity index (χ0) is 20.5. The average molecular weight is 410 g/mol. The van der Waals surface area contributed by atoms with E-state index in [1.54, 1.807) is 30.2 Å². The predicted molar refractivity (Wildman–Crippen MR) is 111 cm³/mol. The lowest BCUT2D eigenvalue weighted by atomic mass is 9.94. The Balaban J connectivity index is 1.51. The molecule has 0 bridgehead atoms. The highest BCUT2D eigenvalue weighted by atomic mass is 35.5. The number of esters is 1. The van der Waals surface area contributed by atoms with Gasteiger partial charge in [0.1, 0.15) is 5.82 Å². The number of aromatic nitrogens is 2.